The van der Waals surface area contributed by atoms with Crippen molar-refractivity contribution in [3.8, 4) is 5.75 Å². The van der Waals surface area contributed by atoms with E-state index in [4.69, 9.17) is 9.47 Å². The highest BCUT2D eigenvalue weighted by Crippen LogP contribution is 2.20. The Labute approximate surface area is 174 Å². The van der Waals surface area contributed by atoms with Gasteiger partial charge in [0.1, 0.15) is 22.9 Å². The fourth-order valence-corrected chi connectivity index (χ4v) is 4.68. The molecule has 0 atom stereocenters. The minimum atomic E-state index is -3.64. The molecule has 2 N–H and O–H groups in total. The van der Waals surface area contributed by atoms with E-state index in [1.54, 1.807) is 0 Å². The van der Waals surface area contributed by atoms with Crippen molar-refractivity contribution in [3.05, 3.63) is 60.4 Å². The van der Waals surface area contributed by atoms with E-state index < -0.39 is 10.0 Å². The molecule has 3 aromatic rings. The summed E-state index contributed by atoms with van der Waals surface area (Å²) in [4.78, 5) is 15.1. The first kappa shape index (κ1) is 20.4. The van der Waals surface area contributed by atoms with Gasteiger partial charge in [-0.2, -0.15) is 4.31 Å². The third-order valence-electron chi connectivity index (χ3n) is 4.89. The Kier molecular flexibility index (Phi) is 6.03. The van der Waals surface area contributed by atoms with Crippen LogP contribution in [0.2, 0.25) is 0 Å². The number of nitrogens with one attached hydrogen (secondary N) is 2. The largest absolute Gasteiger partial charge is 0.492 e. The van der Waals surface area contributed by atoms with Crippen molar-refractivity contribution < 1.29 is 22.7 Å². The van der Waals surface area contributed by atoms with Crippen LogP contribution in [-0.2, 0) is 14.8 Å². The Morgan fingerprint density at radius 3 is 2.67 bits per heavy atom. The number of fused-ring (bicyclic) bond motifs is 1. The van der Waals surface area contributed by atoms with Crippen LogP contribution >= 0.6 is 0 Å². The van der Waals surface area contributed by atoms with Gasteiger partial charge in [0, 0.05) is 19.3 Å². The molecule has 30 heavy (non-hydrogen) atoms. The van der Waals surface area contributed by atoms with Crippen LogP contribution in [0.1, 0.15) is 10.5 Å². The van der Waals surface area contributed by atoms with Crippen LogP contribution in [0, 0.1) is 0 Å². The first-order valence-electron chi connectivity index (χ1n) is 9.70. The zero-order valence-electron chi connectivity index (χ0n) is 16.3. The maximum Gasteiger partial charge on any atom is 0.267 e. The minimum absolute atomic E-state index is 0.0713. The van der Waals surface area contributed by atoms with Gasteiger partial charge in [0.15, 0.2) is 0 Å². The molecule has 0 unspecified atom stereocenters. The summed E-state index contributed by atoms with van der Waals surface area (Å²) in [7, 11) is -3.64. The van der Waals surface area contributed by atoms with Gasteiger partial charge in [-0.15, -0.1) is 0 Å². The molecule has 9 heteroatoms. The number of sulfonamides is 1. The molecule has 0 bridgehead atoms. The normalized spacial score (nSPS) is 15.2. The molecule has 0 spiro atoms. The first-order chi connectivity index (χ1) is 14.5. The maximum absolute atomic E-state index is 12.6. The zero-order chi connectivity index (χ0) is 21.0. The zero-order valence-corrected chi connectivity index (χ0v) is 17.2. The van der Waals surface area contributed by atoms with Crippen molar-refractivity contribution in [1.29, 1.82) is 0 Å². The quantitative estimate of drug-likeness (QED) is 0.560. The highest BCUT2D eigenvalue weighted by molar-refractivity contribution is 7.89. The number of benzene rings is 2. The van der Waals surface area contributed by atoms with Crippen molar-refractivity contribution in [1.82, 2.24) is 14.6 Å². The van der Waals surface area contributed by atoms with Gasteiger partial charge >= 0.3 is 0 Å². The minimum Gasteiger partial charge on any atom is -0.492 e. The second-order valence-electron chi connectivity index (χ2n) is 6.88. The molecule has 1 aliphatic heterocycles. The number of carbonyl (C=O) groups excluding carboxylic acids is 1. The number of H-pyrrole nitrogens is 1. The van der Waals surface area contributed by atoms with E-state index >= 15 is 0 Å². The summed E-state index contributed by atoms with van der Waals surface area (Å²) in [5.74, 6) is 0.335. The number of morpholine rings is 1. The summed E-state index contributed by atoms with van der Waals surface area (Å²) in [6.45, 7) is 1.94. The molecule has 0 saturated carbocycles. The van der Waals surface area contributed by atoms with Gasteiger partial charge in [-0.05, 0) is 29.0 Å². The average molecular weight is 429 g/mol. The van der Waals surface area contributed by atoms with Crippen LogP contribution in [-0.4, -0.2) is 63.1 Å². The summed E-state index contributed by atoms with van der Waals surface area (Å²) >= 11 is 0. The Morgan fingerprint density at radius 2 is 1.87 bits per heavy atom. The summed E-state index contributed by atoms with van der Waals surface area (Å²) < 4.78 is 37.5. The van der Waals surface area contributed by atoms with Gasteiger partial charge in [-0.1, -0.05) is 30.3 Å². The van der Waals surface area contributed by atoms with Crippen LogP contribution in [0.15, 0.2) is 59.6 Å². The van der Waals surface area contributed by atoms with Crippen LogP contribution in [0.25, 0.3) is 10.8 Å². The highest BCUT2D eigenvalue weighted by Gasteiger charge is 2.27. The van der Waals surface area contributed by atoms with Gasteiger partial charge in [0.2, 0.25) is 10.0 Å². The van der Waals surface area contributed by atoms with E-state index in [-0.39, 0.29) is 23.0 Å². The number of aromatic amines is 1. The average Bonchev–Trinajstić information content (AvgIpc) is 3.28. The second kappa shape index (κ2) is 8.86. The number of aromatic nitrogens is 1. The molecule has 1 aromatic heterocycles. The van der Waals surface area contributed by atoms with E-state index in [9.17, 15) is 13.2 Å². The Morgan fingerprint density at radius 1 is 1.10 bits per heavy atom. The topological polar surface area (TPSA) is 101 Å². The maximum atomic E-state index is 12.6. The van der Waals surface area contributed by atoms with E-state index in [0.29, 0.717) is 32.9 Å². The first-order valence-corrected chi connectivity index (χ1v) is 11.1. The van der Waals surface area contributed by atoms with Crippen LogP contribution in [0.4, 0.5) is 0 Å². The molecule has 4 rings (SSSR count). The summed E-state index contributed by atoms with van der Waals surface area (Å²) in [5.41, 5.74) is 0.188. The Bertz CT molecular complexity index is 1140. The lowest BCUT2D eigenvalue weighted by Gasteiger charge is -2.25. The molecule has 0 aliphatic carbocycles. The van der Waals surface area contributed by atoms with E-state index in [2.05, 4.69) is 10.3 Å². The Balaban J connectivity index is 1.30. The second-order valence-corrected chi connectivity index (χ2v) is 8.82. The summed E-state index contributed by atoms with van der Waals surface area (Å²) in [6.07, 6.45) is 1.34. The summed E-state index contributed by atoms with van der Waals surface area (Å²) in [5, 5.41) is 4.94. The molecule has 158 valence electrons. The van der Waals surface area contributed by atoms with Crippen molar-refractivity contribution in [2.45, 2.75) is 4.90 Å². The van der Waals surface area contributed by atoms with Gasteiger partial charge in [-0.3, -0.25) is 4.79 Å². The number of carbonyl (C=O) groups is 1. The van der Waals surface area contributed by atoms with Crippen LogP contribution in [0.3, 0.4) is 0 Å². The van der Waals surface area contributed by atoms with Crippen molar-refractivity contribution in [2.75, 3.05) is 39.5 Å². The standard InChI is InChI=1S/C21H23N3O5S/c25-21(20-14-19(15-23-20)30(26,27)24-8-11-28-12-9-24)22-7-10-29-18-6-5-16-3-1-2-4-17(16)13-18/h1-6,13-15,23H,7-12H2,(H,22,25). The third kappa shape index (κ3) is 4.48. The smallest absolute Gasteiger partial charge is 0.267 e. The number of hydrogen-bond acceptors (Lipinski definition) is 5. The molecular formula is C21H23N3O5S. The van der Waals surface area contributed by atoms with Crippen LogP contribution in [0.5, 0.6) is 5.75 Å². The predicted molar refractivity (Wildman–Crippen MR) is 112 cm³/mol. The van der Waals surface area contributed by atoms with Gasteiger partial charge < -0.3 is 19.8 Å². The highest BCUT2D eigenvalue weighted by atomic mass is 32.2. The molecule has 2 aromatic carbocycles. The fraction of sp³-hybridized carbons (Fsp3) is 0.286. The molecule has 8 nitrogen and oxygen atoms in total. The lowest BCUT2D eigenvalue weighted by Crippen LogP contribution is -2.40. The predicted octanol–water partition coefficient (Wildman–Crippen LogP) is 2.00. The lowest BCUT2D eigenvalue weighted by atomic mass is 10.1. The molecule has 1 saturated heterocycles. The number of hydrogen-bond donors (Lipinski definition) is 2. The monoisotopic (exact) mass is 429 g/mol. The van der Waals surface area contributed by atoms with E-state index in [1.165, 1.54) is 16.6 Å². The molecule has 0 radical (unpaired) electrons. The number of ether oxygens (including phenoxy) is 2. The lowest BCUT2D eigenvalue weighted by molar-refractivity contribution is 0.0730. The molecule has 2 heterocycles. The molecule has 1 fully saturated rings. The molecule has 1 aliphatic rings. The Hall–Kier alpha value is -2.88. The van der Waals surface area contributed by atoms with Gasteiger partial charge in [0.05, 0.1) is 19.8 Å². The van der Waals surface area contributed by atoms with Crippen LogP contribution < -0.4 is 10.1 Å². The number of amides is 1. The van der Waals surface area contributed by atoms with Crippen molar-refractivity contribution in [3.63, 3.8) is 0 Å². The van der Waals surface area contributed by atoms with Gasteiger partial charge in [-0.25, -0.2) is 8.42 Å². The molecule has 1 amide bonds. The van der Waals surface area contributed by atoms with Gasteiger partial charge in [0.25, 0.3) is 5.91 Å². The van der Waals surface area contributed by atoms with Crippen molar-refractivity contribution in [2.24, 2.45) is 0 Å². The fourth-order valence-electron chi connectivity index (χ4n) is 3.28. The number of nitrogens with zero attached hydrogens (tertiary/aromatic N) is 1. The van der Waals surface area contributed by atoms with E-state index in [0.717, 1.165) is 16.5 Å². The summed E-state index contributed by atoms with van der Waals surface area (Å²) in [6, 6.07) is 15.2. The van der Waals surface area contributed by atoms with E-state index in [1.807, 2.05) is 42.5 Å². The number of rotatable bonds is 7. The third-order valence-corrected chi connectivity index (χ3v) is 6.76. The SMILES string of the molecule is O=C(NCCOc1ccc2ccccc2c1)c1cc(S(=O)(=O)N2CCOCC2)c[nH]1. The van der Waals surface area contributed by atoms with Crippen molar-refractivity contribution >= 4 is 26.7 Å². The molecular weight excluding hydrogens is 406 g/mol.